The summed E-state index contributed by atoms with van der Waals surface area (Å²) in [5.74, 6) is -2.82. The van der Waals surface area contributed by atoms with Gasteiger partial charge in [0.1, 0.15) is 16.5 Å². The highest BCUT2D eigenvalue weighted by atomic mass is 35.5. The molecule has 3 N–H and O–H groups in total. The summed E-state index contributed by atoms with van der Waals surface area (Å²) in [6.07, 6.45) is 0. The lowest BCUT2D eigenvalue weighted by Gasteiger charge is -2.01. The van der Waals surface area contributed by atoms with Crippen molar-refractivity contribution >= 4 is 17.3 Å². The molecule has 0 unspecified atom stereocenters. The van der Waals surface area contributed by atoms with Gasteiger partial charge < -0.3 is 10.8 Å². The second kappa shape index (κ2) is 2.54. The maximum Gasteiger partial charge on any atom is 0.171 e. The van der Waals surface area contributed by atoms with Crippen molar-refractivity contribution in [2.75, 3.05) is 5.73 Å². The van der Waals surface area contributed by atoms with Crippen molar-refractivity contribution in [3.05, 3.63) is 22.7 Å². The van der Waals surface area contributed by atoms with Gasteiger partial charge in [-0.2, -0.15) is 0 Å². The van der Waals surface area contributed by atoms with Crippen LogP contribution in [0.2, 0.25) is 5.02 Å². The summed E-state index contributed by atoms with van der Waals surface area (Å²) in [5, 5.41) is 8.17. The second-order valence-corrected chi connectivity index (χ2v) is 2.30. The van der Waals surface area contributed by atoms with Gasteiger partial charge in [-0.1, -0.05) is 11.6 Å². The molecule has 0 heterocycles. The predicted molar refractivity (Wildman–Crippen MR) is 37.4 cm³/mol. The molecule has 0 aliphatic rings. The van der Waals surface area contributed by atoms with Gasteiger partial charge in [-0.05, 0) is 0 Å². The van der Waals surface area contributed by atoms with E-state index in [0.29, 0.717) is 6.07 Å². The lowest BCUT2D eigenvalue weighted by molar-refractivity contribution is 0.462. The molecule has 1 aromatic carbocycles. The fraction of sp³-hybridized carbons (Fsp3) is 0. The molecule has 1 aromatic rings. The zero-order valence-electron chi connectivity index (χ0n) is 5.24. The molecule has 0 aliphatic heterocycles. The molecule has 0 saturated heterocycles. The summed E-state index contributed by atoms with van der Waals surface area (Å²) in [6.45, 7) is 0. The molecule has 0 aromatic heterocycles. The minimum Gasteiger partial charge on any atom is -0.506 e. The van der Waals surface area contributed by atoms with Crippen molar-refractivity contribution in [1.29, 1.82) is 0 Å². The van der Waals surface area contributed by atoms with Crippen molar-refractivity contribution in [2.24, 2.45) is 0 Å². The van der Waals surface area contributed by atoms with Crippen LogP contribution in [0.1, 0.15) is 0 Å². The number of hydrogen-bond donors (Lipinski definition) is 2. The molecular formula is C6H4ClF2NO. The Balaban J connectivity index is 3.46. The van der Waals surface area contributed by atoms with Crippen LogP contribution < -0.4 is 5.73 Å². The summed E-state index contributed by atoms with van der Waals surface area (Å²) < 4.78 is 25.0. The first-order valence-electron chi connectivity index (χ1n) is 2.66. The van der Waals surface area contributed by atoms with Crippen LogP contribution in [0, 0.1) is 11.6 Å². The molecule has 1 rings (SSSR count). The van der Waals surface area contributed by atoms with Gasteiger partial charge in [0.05, 0.1) is 0 Å². The predicted octanol–water partition coefficient (Wildman–Crippen LogP) is 1.91. The van der Waals surface area contributed by atoms with E-state index < -0.39 is 28.1 Å². The number of halogens is 3. The van der Waals surface area contributed by atoms with E-state index in [1.54, 1.807) is 0 Å². The van der Waals surface area contributed by atoms with Gasteiger partial charge in [-0.3, -0.25) is 0 Å². The van der Waals surface area contributed by atoms with Gasteiger partial charge in [0.15, 0.2) is 11.6 Å². The molecule has 0 amide bonds. The Morgan fingerprint density at radius 2 is 2.00 bits per heavy atom. The third-order valence-corrected chi connectivity index (χ3v) is 1.53. The number of anilines is 1. The van der Waals surface area contributed by atoms with E-state index in [1.165, 1.54) is 0 Å². The normalized spacial score (nSPS) is 10.1. The molecule has 11 heavy (non-hydrogen) atoms. The van der Waals surface area contributed by atoms with Gasteiger partial charge in [0.2, 0.25) is 0 Å². The van der Waals surface area contributed by atoms with Crippen molar-refractivity contribution < 1.29 is 13.9 Å². The largest absolute Gasteiger partial charge is 0.506 e. The van der Waals surface area contributed by atoms with Crippen LogP contribution in [-0.4, -0.2) is 5.11 Å². The zero-order chi connectivity index (χ0) is 8.59. The van der Waals surface area contributed by atoms with Gasteiger partial charge >= 0.3 is 0 Å². The Hall–Kier alpha value is -1.03. The van der Waals surface area contributed by atoms with Gasteiger partial charge in [-0.15, -0.1) is 0 Å². The van der Waals surface area contributed by atoms with E-state index in [2.05, 4.69) is 0 Å². The lowest BCUT2D eigenvalue weighted by Crippen LogP contribution is -1.95. The van der Waals surface area contributed by atoms with Crippen molar-refractivity contribution in [3.8, 4) is 5.75 Å². The Morgan fingerprint density at radius 1 is 1.45 bits per heavy atom. The van der Waals surface area contributed by atoms with Crippen LogP contribution in [0.4, 0.5) is 14.5 Å². The van der Waals surface area contributed by atoms with E-state index in [1.807, 2.05) is 0 Å². The first kappa shape index (κ1) is 8.07. The number of nitrogens with two attached hydrogens (primary N) is 1. The summed E-state index contributed by atoms with van der Waals surface area (Å²) in [5.41, 5.74) is 4.22. The van der Waals surface area contributed by atoms with Crippen LogP contribution in [-0.2, 0) is 0 Å². The van der Waals surface area contributed by atoms with Gasteiger partial charge in [0, 0.05) is 6.07 Å². The minimum absolute atomic E-state index is 0.566. The lowest BCUT2D eigenvalue weighted by atomic mass is 10.3. The van der Waals surface area contributed by atoms with E-state index >= 15 is 0 Å². The second-order valence-electron chi connectivity index (χ2n) is 1.92. The molecule has 0 aliphatic carbocycles. The topological polar surface area (TPSA) is 46.2 Å². The smallest absolute Gasteiger partial charge is 0.171 e. The monoisotopic (exact) mass is 179 g/mol. The number of benzene rings is 1. The Kier molecular flexibility index (Phi) is 1.87. The number of hydrogen-bond acceptors (Lipinski definition) is 2. The molecule has 0 radical (unpaired) electrons. The third-order valence-electron chi connectivity index (χ3n) is 1.17. The highest BCUT2D eigenvalue weighted by molar-refractivity contribution is 6.32. The fourth-order valence-corrected chi connectivity index (χ4v) is 0.753. The quantitative estimate of drug-likeness (QED) is 0.363. The number of nitrogen functional groups attached to an aromatic ring is 1. The summed E-state index contributed by atoms with van der Waals surface area (Å²) in [7, 11) is 0. The third kappa shape index (κ3) is 1.21. The molecule has 0 fully saturated rings. The van der Waals surface area contributed by atoms with Gasteiger partial charge in [0.25, 0.3) is 0 Å². The average Bonchev–Trinajstić information content (AvgIpc) is 1.97. The van der Waals surface area contributed by atoms with E-state index in [9.17, 15) is 8.78 Å². The Morgan fingerprint density at radius 3 is 2.55 bits per heavy atom. The first-order chi connectivity index (χ1) is 5.04. The van der Waals surface area contributed by atoms with E-state index in [-0.39, 0.29) is 0 Å². The summed E-state index contributed by atoms with van der Waals surface area (Å²) in [6, 6.07) is 0.654. The summed E-state index contributed by atoms with van der Waals surface area (Å²) in [4.78, 5) is 0. The van der Waals surface area contributed by atoms with Crippen molar-refractivity contribution in [3.63, 3.8) is 0 Å². The van der Waals surface area contributed by atoms with Crippen LogP contribution in [0.15, 0.2) is 6.07 Å². The number of rotatable bonds is 0. The molecule has 5 heteroatoms. The van der Waals surface area contributed by atoms with E-state index in [4.69, 9.17) is 22.4 Å². The van der Waals surface area contributed by atoms with Crippen LogP contribution in [0.5, 0.6) is 5.75 Å². The average molecular weight is 180 g/mol. The van der Waals surface area contributed by atoms with Crippen LogP contribution in [0.25, 0.3) is 0 Å². The molecule has 0 atom stereocenters. The minimum atomic E-state index is -1.14. The van der Waals surface area contributed by atoms with E-state index in [0.717, 1.165) is 0 Å². The van der Waals surface area contributed by atoms with Gasteiger partial charge in [-0.25, -0.2) is 8.78 Å². The molecule has 2 nitrogen and oxygen atoms in total. The van der Waals surface area contributed by atoms with Crippen molar-refractivity contribution in [2.45, 2.75) is 0 Å². The fourth-order valence-electron chi connectivity index (χ4n) is 0.597. The van der Waals surface area contributed by atoms with Crippen LogP contribution >= 0.6 is 11.6 Å². The standard InChI is InChI=1S/C6H4ClF2NO/c7-4-3(11)1-2(8)6(10)5(4)9/h1,11H,10H2. The van der Waals surface area contributed by atoms with Crippen LogP contribution in [0.3, 0.4) is 0 Å². The van der Waals surface area contributed by atoms with Crippen molar-refractivity contribution in [1.82, 2.24) is 0 Å². The maximum absolute atomic E-state index is 12.6. The Labute approximate surface area is 66.2 Å². The Bertz CT molecular complexity index is 277. The molecule has 0 spiro atoms. The number of phenols is 1. The number of phenolic OH excluding ortho intramolecular Hbond substituents is 1. The SMILES string of the molecule is Nc1c(F)cc(O)c(Cl)c1F. The maximum atomic E-state index is 12.6. The molecular weight excluding hydrogens is 176 g/mol. The summed E-state index contributed by atoms with van der Waals surface area (Å²) >= 11 is 5.18. The zero-order valence-corrected chi connectivity index (χ0v) is 5.99. The first-order valence-corrected chi connectivity index (χ1v) is 3.03. The highest BCUT2D eigenvalue weighted by Crippen LogP contribution is 2.31. The molecule has 0 saturated carbocycles. The number of aromatic hydroxyl groups is 1. The molecule has 0 bridgehead atoms. The molecule has 60 valence electrons. The highest BCUT2D eigenvalue weighted by Gasteiger charge is 2.13.